The summed E-state index contributed by atoms with van der Waals surface area (Å²) in [5.41, 5.74) is 0. The minimum absolute atomic E-state index is 0. The van der Waals surface area contributed by atoms with E-state index in [1.54, 1.807) is 0 Å². The predicted octanol–water partition coefficient (Wildman–Crippen LogP) is -0.0325. The fraction of sp³-hybridized carbons (Fsp3) is 0. The van der Waals surface area contributed by atoms with E-state index in [0.717, 1.165) is 0 Å². The van der Waals surface area contributed by atoms with Crippen molar-refractivity contribution in [3.05, 3.63) is 0 Å². The predicted molar refractivity (Wildman–Crippen MR) is 0 cm³/mol. The summed E-state index contributed by atoms with van der Waals surface area (Å²) >= 11 is 0. The maximum atomic E-state index is 0. The van der Waals surface area contributed by atoms with Gasteiger partial charge < -0.3 is 0 Å². The standard InChI is InChI=1S/7Nb.6Ni. The van der Waals surface area contributed by atoms with Crippen LogP contribution in [0.5, 0.6) is 0 Å². The van der Waals surface area contributed by atoms with Gasteiger partial charge in [-0.2, -0.15) is 0 Å². The van der Waals surface area contributed by atoms with Gasteiger partial charge >= 0.3 is 0 Å². The van der Waals surface area contributed by atoms with Crippen LogP contribution in [0.1, 0.15) is 0 Å². The Kier molecular flexibility index (Phi) is 1110. The van der Waals surface area contributed by atoms with Crippen molar-refractivity contribution in [1.29, 1.82) is 0 Å². The molecule has 0 aliphatic rings. The molecule has 0 bridgehead atoms. The van der Waals surface area contributed by atoms with Crippen LogP contribution in [0.4, 0.5) is 0 Å². The van der Waals surface area contributed by atoms with Crippen molar-refractivity contribution >= 4 is 0 Å². The molecule has 0 aliphatic heterocycles. The number of hydrogen-bond acceptors (Lipinski definition) is 0. The van der Waals surface area contributed by atoms with Gasteiger partial charge in [-0.25, -0.2) is 0 Å². The van der Waals surface area contributed by atoms with Crippen molar-refractivity contribution in [1.82, 2.24) is 0 Å². The Hall–Kier alpha value is 8.14. The van der Waals surface area contributed by atoms with Gasteiger partial charge in [-0.05, 0) is 0 Å². The summed E-state index contributed by atoms with van der Waals surface area (Å²) in [6.07, 6.45) is 0. The zero-order valence-electron chi connectivity index (χ0n) is 5.03. The first-order valence-corrected chi connectivity index (χ1v) is 0. The summed E-state index contributed by atoms with van der Waals surface area (Å²) in [6, 6.07) is 0. The first-order valence-electron chi connectivity index (χ1n) is 0. The summed E-state index contributed by atoms with van der Waals surface area (Å²) in [6.45, 7) is 0. The quantitative estimate of drug-likeness (QED) is 0.300. The molecule has 95 valence electrons. The molecule has 0 N–H and O–H groups in total. The average molecular weight is 1000 g/mol. The molecule has 0 rings (SSSR count). The van der Waals surface area contributed by atoms with Crippen molar-refractivity contribution in [3.8, 4) is 0 Å². The molecule has 0 aromatic carbocycles. The van der Waals surface area contributed by atoms with Gasteiger partial charge in [0.1, 0.15) is 0 Å². The summed E-state index contributed by atoms with van der Waals surface area (Å²) in [5, 5.41) is 0. The van der Waals surface area contributed by atoms with E-state index in [0.29, 0.717) is 0 Å². The van der Waals surface area contributed by atoms with E-state index < -0.39 is 0 Å². The zero-order valence-corrected chi connectivity index (χ0v) is 26.3. The van der Waals surface area contributed by atoms with Crippen molar-refractivity contribution in [3.63, 3.8) is 0 Å². The molecule has 13 heavy (non-hydrogen) atoms. The molecule has 0 saturated carbocycles. The fourth-order valence-electron chi connectivity index (χ4n) is 0. The third-order valence-corrected chi connectivity index (χ3v) is 0. The van der Waals surface area contributed by atoms with E-state index in [1.807, 2.05) is 0 Å². The summed E-state index contributed by atoms with van der Waals surface area (Å²) < 4.78 is 0. The minimum Gasteiger partial charge on any atom is 0 e. The van der Waals surface area contributed by atoms with Gasteiger partial charge in [0.2, 0.25) is 0 Å². The minimum atomic E-state index is 0. The van der Waals surface area contributed by atoms with Crippen molar-refractivity contribution < 1.29 is 256 Å². The van der Waals surface area contributed by atoms with Gasteiger partial charge in [0, 0.05) is 256 Å². The maximum absolute atomic E-state index is 0. The van der Waals surface area contributed by atoms with Gasteiger partial charge in [0.25, 0.3) is 0 Å². The largest absolute Gasteiger partial charge is 0 e. The Balaban J connectivity index is 0. The first-order chi connectivity index (χ1) is 0. The molecule has 0 aromatic rings. The summed E-state index contributed by atoms with van der Waals surface area (Å²) in [5.74, 6) is 0. The van der Waals surface area contributed by atoms with Crippen LogP contribution in [0.3, 0.4) is 0 Å². The Morgan fingerprint density at radius 1 is 0.154 bits per heavy atom. The molecule has 7 radical (unpaired) electrons. The molecule has 0 aromatic heterocycles. The Morgan fingerprint density at radius 3 is 0.154 bits per heavy atom. The summed E-state index contributed by atoms with van der Waals surface area (Å²) in [7, 11) is 0. The topological polar surface area (TPSA) is 0 Å². The molecule has 0 aliphatic carbocycles. The molecule has 0 atom stereocenters. The molecular formula is Nb7Ni6. The van der Waals surface area contributed by atoms with E-state index in [2.05, 4.69) is 0 Å². The Labute approximate surface area is 249 Å². The van der Waals surface area contributed by atoms with Crippen molar-refractivity contribution in [2.75, 3.05) is 0 Å². The molecular weight excluding hydrogens is 1000 g/mol. The smallest absolute Gasteiger partial charge is 0 e. The SMILES string of the molecule is [Nb].[Nb].[Nb].[Nb].[Nb].[Nb].[Nb].[Ni].[Ni].[Ni].[Ni].[Ni].[Ni]. The second kappa shape index (κ2) is 111. The molecule has 0 saturated heterocycles. The van der Waals surface area contributed by atoms with Gasteiger partial charge in [-0.1, -0.05) is 0 Å². The van der Waals surface area contributed by atoms with Gasteiger partial charge in [0.15, 0.2) is 0 Å². The molecule has 0 fully saturated rings. The number of rotatable bonds is 0. The second-order valence-corrected chi connectivity index (χ2v) is 0. The summed E-state index contributed by atoms with van der Waals surface area (Å²) in [4.78, 5) is 0. The van der Waals surface area contributed by atoms with Crippen LogP contribution < -0.4 is 0 Å². The molecule has 0 heterocycles. The van der Waals surface area contributed by atoms with E-state index in [4.69, 9.17) is 0 Å². The fourth-order valence-corrected chi connectivity index (χ4v) is 0. The average Bonchev–Trinajstić information content (AvgIpc) is 0. The van der Waals surface area contributed by atoms with Gasteiger partial charge in [0.05, 0.1) is 0 Å². The second-order valence-electron chi connectivity index (χ2n) is 0. The molecule has 0 spiro atoms. The maximum Gasteiger partial charge on any atom is 0 e. The van der Waals surface area contributed by atoms with Gasteiger partial charge in [-0.3, -0.25) is 0 Å². The van der Waals surface area contributed by atoms with Crippen molar-refractivity contribution in [2.24, 2.45) is 0 Å². The van der Waals surface area contributed by atoms with Crippen LogP contribution in [0.15, 0.2) is 0 Å². The first kappa shape index (κ1) is 129. The van der Waals surface area contributed by atoms with Crippen LogP contribution >= 0.6 is 0 Å². The van der Waals surface area contributed by atoms with Crippen LogP contribution in [-0.4, -0.2) is 0 Å². The number of hydrogen-bond donors (Lipinski definition) is 0. The molecule has 0 amide bonds. The van der Waals surface area contributed by atoms with Gasteiger partial charge in [-0.15, -0.1) is 0 Å². The third-order valence-electron chi connectivity index (χ3n) is 0. The van der Waals surface area contributed by atoms with E-state index in [1.165, 1.54) is 0 Å². The zero-order chi connectivity index (χ0) is 0. The normalized spacial score (nSPS) is 0. The monoisotopic (exact) mass is 998 g/mol. The molecule has 0 nitrogen and oxygen atoms in total. The third kappa shape index (κ3) is 100.0. The molecule has 0 unspecified atom stereocenters. The van der Waals surface area contributed by atoms with Crippen LogP contribution in [0.2, 0.25) is 0 Å². The van der Waals surface area contributed by atoms with E-state index in [9.17, 15) is 0 Å². The molecule has 13 heteroatoms. The Morgan fingerprint density at radius 2 is 0.154 bits per heavy atom. The van der Waals surface area contributed by atoms with Crippen LogP contribution in [-0.2, 0) is 256 Å². The van der Waals surface area contributed by atoms with Crippen LogP contribution in [0, 0.1) is 0 Å². The Bertz CT molecular complexity index is 12.9. The van der Waals surface area contributed by atoms with Crippen LogP contribution in [0.25, 0.3) is 0 Å². The van der Waals surface area contributed by atoms with E-state index >= 15 is 0 Å². The van der Waals surface area contributed by atoms with Crippen molar-refractivity contribution in [2.45, 2.75) is 0 Å². The van der Waals surface area contributed by atoms with E-state index in [-0.39, 0.29) is 256 Å².